The Hall–Kier alpha value is -4.21. The van der Waals surface area contributed by atoms with Crippen molar-refractivity contribution in [1.29, 1.82) is 0 Å². The zero-order valence-electron chi connectivity index (χ0n) is 19.3. The van der Waals surface area contributed by atoms with Crippen LogP contribution < -0.4 is 9.64 Å². The molecular formula is C26H22F3N5O2. The molecule has 10 heteroatoms. The van der Waals surface area contributed by atoms with E-state index >= 15 is 0 Å². The molecule has 0 unspecified atom stereocenters. The molecule has 1 saturated heterocycles. The molecule has 1 atom stereocenters. The number of anilines is 1. The van der Waals surface area contributed by atoms with Crippen LogP contribution >= 0.6 is 0 Å². The molecule has 1 aliphatic heterocycles. The van der Waals surface area contributed by atoms with Crippen LogP contribution in [0, 0.1) is 0 Å². The Morgan fingerprint density at radius 2 is 1.72 bits per heavy atom. The standard InChI is InChI=1S/C26H22F3N5O2/c1-17-16-33(25(35)19-5-3-2-4-6-19)13-14-34(17)24-22-15-30-12-11-21(22)23(31-32-24)18-7-9-20(10-8-18)36-26(27,28)29/h2-12,15,17H,13-14,16H2,1H3/t17-/m1/s1. The zero-order valence-corrected chi connectivity index (χ0v) is 19.3. The Kier molecular flexibility index (Phi) is 6.17. The molecule has 4 aromatic rings. The van der Waals surface area contributed by atoms with Crippen LogP contribution in [0.3, 0.4) is 0 Å². The number of nitrogens with zero attached hydrogens (tertiary/aromatic N) is 5. The molecule has 0 saturated carbocycles. The quantitative estimate of drug-likeness (QED) is 0.401. The van der Waals surface area contributed by atoms with Crippen LogP contribution in [0.4, 0.5) is 19.0 Å². The number of carbonyl (C=O) groups is 1. The molecule has 3 heterocycles. The summed E-state index contributed by atoms with van der Waals surface area (Å²) in [5.74, 6) is 0.338. The van der Waals surface area contributed by atoms with Gasteiger partial charge < -0.3 is 14.5 Å². The molecule has 1 aliphatic rings. The highest BCUT2D eigenvalue weighted by Gasteiger charge is 2.31. The van der Waals surface area contributed by atoms with Crippen molar-refractivity contribution < 1.29 is 22.7 Å². The van der Waals surface area contributed by atoms with Crippen LogP contribution in [0.25, 0.3) is 22.0 Å². The highest BCUT2D eigenvalue weighted by molar-refractivity contribution is 6.00. The van der Waals surface area contributed by atoms with Crippen molar-refractivity contribution >= 4 is 22.5 Å². The van der Waals surface area contributed by atoms with Crippen molar-refractivity contribution in [1.82, 2.24) is 20.1 Å². The molecule has 2 aromatic heterocycles. The first-order valence-electron chi connectivity index (χ1n) is 11.4. The van der Waals surface area contributed by atoms with Gasteiger partial charge in [0.25, 0.3) is 5.91 Å². The number of aromatic nitrogens is 3. The van der Waals surface area contributed by atoms with Crippen LogP contribution in [0.1, 0.15) is 17.3 Å². The number of alkyl halides is 3. The van der Waals surface area contributed by atoms with Crippen LogP contribution in [-0.2, 0) is 0 Å². The van der Waals surface area contributed by atoms with Gasteiger partial charge in [-0.2, -0.15) is 0 Å². The van der Waals surface area contributed by atoms with Gasteiger partial charge in [0.05, 0.1) is 0 Å². The van der Waals surface area contributed by atoms with Gasteiger partial charge in [0.2, 0.25) is 0 Å². The third kappa shape index (κ3) is 4.79. The number of benzene rings is 2. The van der Waals surface area contributed by atoms with Crippen LogP contribution in [-0.4, -0.2) is 58.0 Å². The van der Waals surface area contributed by atoms with Gasteiger partial charge in [0.1, 0.15) is 11.4 Å². The number of piperazine rings is 1. The van der Waals surface area contributed by atoms with Gasteiger partial charge in [-0.05, 0) is 49.4 Å². The summed E-state index contributed by atoms with van der Waals surface area (Å²) in [5, 5.41) is 10.5. The molecule has 0 N–H and O–H groups in total. The SMILES string of the molecule is C[C@@H]1CN(C(=O)c2ccccc2)CCN1c1nnc(-c2ccc(OC(F)(F)F)cc2)c2ccncc12. The Balaban J connectivity index is 1.41. The maximum absolute atomic E-state index is 12.9. The summed E-state index contributed by atoms with van der Waals surface area (Å²) < 4.78 is 41.5. The molecule has 1 amide bonds. The molecule has 7 nitrogen and oxygen atoms in total. The number of fused-ring (bicyclic) bond motifs is 1. The smallest absolute Gasteiger partial charge is 0.406 e. The van der Waals surface area contributed by atoms with E-state index in [0.717, 1.165) is 10.8 Å². The number of halogens is 3. The van der Waals surface area contributed by atoms with Gasteiger partial charge in [-0.25, -0.2) is 0 Å². The van der Waals surface area contributed by atoms with E-state index in [4.69, 9.17) is 0 Å². The first kappa shape index (κ1) is 23.5. The summed E-state index contributed by atoms with van der Waals surface area (Å²) in [4.78, 5) is 21.1. The molecular weight excluding hydrogens is 471 g/mol. The lowest BCUT2D eigenvalue weighted by atomic mass is 10.0. The number of amides is 1. The summed E-state index contributed by atoms with van der Waals surface area (Å²) in [6.07, 6.45) is -1.41. The van der Waals surface area contributed by atoms with Crippen molar-refractivity contribution in [3.8, 4) is 17.0 Å². The molecule has 0 aliphatic carbocycles. The largest absolute Gasteiger partial charge is 0.573 e. The Bertz CT molecular complexity index is 1380. The normalized spacial score (nSPS) is 16.3. The fourth-order valence-corrected chi connectivity index (χ4v) is 4.44. The van der Waals surface area contributed by atoms with Crippen molar-refractivity contribution in [2.24, 2.45) is 0 Å². The van der Waals surface area contributed by atoms with Crippen molar-refractivity contribution in [2.75, 3.05) is 24.5 Å². The second kappa shape index (κ2) is 9.44. The topological polar surface area (TPSA) is 71.5 Å². The van der Waals surface area contributed by atoms with Gasteiger partial charge in [-0.1, -0.05) is 18.2 Å². The van der Waals surface area contributed by atoms with E-state index < -0.39 is 6.36 Å². The minimum Gasteiger partial charge on any atom is -0.406 e. The van der Waals surface area contributed by atoms with Crippen molar-refractivity contribution in [2.45, 2.75) is 19.3 Å². The Morgan fingerprint density at radius 1 is 0.972 bits per heavy atom. The van der Waals surface area contributed by atoms with E-state index in [1.54, 1.807) is 12.4 Å². The maximum Gasteiger partial charge on any atom is 0.573 e. The molecule has 184 valence electrons. The number of hydrogen-bond acceptors (Lipinski definition) is 6. The predicted octanol–water partition coefficient (Wildman–Crippen LogP) is 4.94. The lowest BCUT2D eigenvalue weighted by Gasteiger charge is -2.40. The van der Waals surface area contributed by atoms with Crippen molar-refractivity contribution in [3.05, 3.63) is 78.6 Å². The lowest BCUT2D eigenvalue weighted by Crippen LogP contribution is -2.54. The zero-order chi connectivity index (χ0) is 25.3. The highest BCUT2D eigenvalue weighted by Crippen LogP contribution is 2.33. The second-order valence-corrected chi connectivity index (χ2v) is 8.53. The summed E-state index contributed by atoms with van der Waals surface area (Å²) in [6, 6.07) is 16.5. The third-order valence-corrected chi connectivity index (χ3v) is 6.13. The fourth-order valence-electron chi connectivity index (χ4n) is 4.44. The molecule has 0 bridgehead atoms. The first-order valence-corrected chi connectivity index (χ1v) is 11.4. The fraction of sp³-hybridized carbons (Fsp3) is 0.231. The molecule has 1 fully saturated rings. The maximum atomic E-state index is 12.9. The Morgan fingerprint density at radius 3 is 2.42 bits per heavy atom. The van der Waals surface area contributed by atoms with E-state index in [2.05, 4.69) is 24.8 Å². The summed E-state index contributed by atoms with van der Waals surface area (Å²) in [5.41, 5.74) is 1.79. The van der Waals surface area contributed by atoms with Crippen LogP contribution in [0.2, 0.25) is 0 Å². The van der Waals surface area contributed by atoms with Gasteiger partial charge in [-0.3, -0.25) is 9.78 Å². The van der Waals surface area contributed by atoms with E-state index in [9.17, 15) is 18.0 Å². The van der Waals surface area contributed by atoms with Gasteiger partial charge >= 0.3 is 6.36 Å². The van der Waals surface area contributed by atoms with Crippen LogP contribution in [0.15, 0.2) is 73.1 Å². The number of carbonyl (C=O) groups excluding carboxylic acids is 1. The summed E-state index contributed by atoms with van der Waals surface area (Å²) >= 11 is 0. The molecule has 5 rings (SSSR count). The highest BCUT2D eigenvalue weighted by atomic mass is 19.4. The molecule has 36 heavy (non-hydrogen) atoms. The number of rotatable bonds is 4. The minimum atomic E-state index is -4.76. The number of ether oxygens (including phenoxy) is 1. The van der Waals surface area contributed by atoms with Crippen LogP contribution in [0.5, 0.6) is 5.75 Å². The second-order valence-electron chi connectivity index (χ2n) is 8.53. The summed E-state index contributed by atoms with van der Waals surface area (Å²) in [7, 11) is 0. The van der Waals surface area contributed by atoms with E-state index in [1.165, 1.54) is 24.3 Å². The van der Waals surface area contributed by atoms with E-state index in [0.29, 0.717) is 42.3 Å². The van der Waals surface area contributed by atoms with E-state index in [1.807, 2.05) is 48.2 Å². The molecule has 0 spiro atoms. The average Bonchev–Trinajstić information content (AvgIpc) is 2.88. The lowest BCUT2D eigenvalue weighted by molar-refractivity contribution is -0.274. The predicted molar refractivity (Wildman–Crippen MR) is 129 cm³/mol. The third-order valence-electron chi connectivity index (χ3n) is 6.13. The van der Waals surface area contributed by atoms with Gasteiger partial charge in [0, 0.05) is 60.0 Å². The minimum absolute atomic E-state index is 0.00648. The van der Waals surface area contributed by atoms with Crippen molar-refractivity contribution in [3.63, 3.8) is 0 Å². The molecule has 0 radical (unpaired) electrons. The van der Waals surface area contributed by atoms with E-state index in [-0.39, 0.29) is 17.7 Å². The summed E-state index contributed by atoms with van der Waals surface area (Å²) in [6.45, 7) is 3.66. The number of pyridine rings is 1. The number of hydrogen-bond donors (Lipinski definition) is 0. The van der Waals surface area contributed by atoms with Gasteiger partial charge in [-0.15, -0.1) is 23.4 Å². The van der Waals surface area contributed by atoms with Gasteiger partial charge in [0.15, 0.2) is 5.82 Å². The molecule has 2 aromatic carbocycles. The monoisotopic (exact) mass is 493 g/mol. The Labute approximate surface area is 205 Å². The first-order chi connectivity index (χ1) is 17.3. The average molecular weight is 493 g/mol.